The Balaban J connectivity index is 1.67. The van der Waals surface area contributed by atoms with Gasteiger partial charge in [0.15, 0.2) is 0 Å². The van der Waals surface area contributed by atoms with Crippen LogP contribution < -0.4 is 0 Å². The molecule has 0 N–H and O–H groups in total. The standard InChI is InChI=1S/C29H33N3/c1-3-4-20-32-28(21-30-29(32)27-18-12-7-13-19-27)23-31(22-25-14-8-5-9-15-25)24(2)26-16-10-6-11-17-26/h5-19,21,24H,3-4,20,22-23H2,1-2H3/t24-/m0/s1. The molecule has 32 heavy (non-hydrogen) atoms. The first-order valence-electron chi connectivity index (χ1n) is 11.7. The molecule has 3 nitrogen and oxygen atoms in total. The van der Waals surface area contributed by atoms with Crippen molar-refractivity contribution in [1.82, 2.24) is 14.5 Å². The normalized spacial score (nSPS) is 12.2. The van der Waals surface area contributed by atoms with Gasteiger partial charge in [0.05, 0.1) is 11.9 Å². The lowest BCUT2D eigenvalue weighted by molar-refractivity contribution is 0.187. The summed E-state index contributed by atoms with van der Waals surface area (Å²) in [5.41, 5.74) is 5.13. The van der Waals surface area contributed by atoms with Crippen LogP contribution in [-0.2, 0) is 19.6 Å². The summed E-state index contributed by atoms with van der Waals surface area (Å²) in [6.07, 6.45) is 4.39. The second-order valence-corrected chi connectivity index (χ2v) is 8.42. The number of unbranched alkanes of at least 4 members (excludes halogenated alkanes) is 1. The van der Waals surface area contributed by atoms with Crippen molar-refractivity contribution >= 4 is 0 Å². The monoisotopic (exact) mass is 423 g/mol. The van der Waals surface area contributed by atoms with Crippen molar-refractivity contribution in [1.29, 1.82) is 0 Å². The van der Waals surface area contributed by atoms with Gasteiger partial charge in [-0.1, -0.05) is 104 Å². The summed E-state index contributed by atoms with van der Waals surface area (Å²) in [5.74, 6) is 1.07. The van der Waals surface area contributed by atoms with Crippen LogP contribution in [0.5, 0.6) is 0 Å². The Morgan fingerprint density at radius 1 is 0.812 bits per heavy atom. The van der Waals surface area contributed by atoms with Crippen LogP contribution in [0.25, 0.3) is 11.4 Å². The third-order valence-electron chi connectivity index (χ3n) is 6.13. The Morgan fingerprint density at radius 3 is 2.09 bits per heavy atom. The van der Waals surface area contributed by atoms with E-state index >= 15 is 0 Å². The van der Waals surface area contributed by atoms with Crippen LogP contribution in [0.1, 0.15) is 49.6 Å². The molecule has 0 bridgehead atoms. The van der Waals surface area contributed by atoms with Gasteiger partial charge in [0.25, 0.3) is 0 Å². The molecule has 1 atom stereocenters. The Morgan fingerprint density at radius 2 is 1.44 bits per heavy atom. The zero-order valence-corrected chi connectivity index (χ0v) is 19.2. The van der Waals surface area contributed by atoms with Crippen LogP contribution in [0.3, 0.4) is 0 Å². The molecule has 0 aliphatic rings. The summed E-state index contributed by atoms with van der Waals surface area (Å²) < 4.78 is 2.43. The second-order valence-electron chi connectivity index (χ2n) is 8.42. The molecule has 0 unspecified atom stereocenters. The topological polar surface area (TPSA) is 21.1 Å². The molecular weight excluding hydrogens is 390 g/mol. The molecule has 0 fully saturated rings. The number of aromatic nitrogens is 2. The van der Waals surface area contributed by atoms with Crippen LogP contribution in [-0.4, -0.2) is 14.5 Å². The SMILES string of the molecule is CCCCn1c(CN(Cc2ccccc2)[C@@H](C)c2ccccc2)cnc1-c1ccccc1. The quantitative estimate of drug-likeness (QED) is 0.271. The molecule has 0 aliphatic carbocycles. The Bertz CT molecular complexity index is 1070. The zero-order valence-electron chi connectivity index (χ0n) is 19.2. The molecule has 0 amide bonds. The summed E-state index contributed by atoms with van der Waals surface area (Å²) in [6, 6.07) is 32.4. The first kappa shape index (κ1) is 22.0. The maximum atomic E-state index is 4.87. The van der Waals surface area contributed by atoms with Crippen LogP contribution in [0.15, 0.2) is 97.2 Å². The van der Waals surface area contributed by atoms with Gasteiger partial charge in [0.2, 0.25) is 0 Å². The molecule has 0 saturated heterocycles. The van der Waals surface area contributed by atoms with Crippen LogP contribution in [0, 0.1) is 0 Å². The lowest BCUT2D eigenvalue weighted by Crippen LogP contribution is -2.27. The van der Waals surface area contributed by atoms with Gasteiger partial charge in [-0.3, -0.25) is 4.90 Å². The predicted molar refractivity (Wildman–Crippen MR) is 133 cm³/mol. The van der Waals surface area contributed by atoms with Gasteiger partial charge in [0, 0.05) is 31.2 Å². The maximum absolute atomic E-state index is 4.87. The highest BCUT2D eigenvalue weighted by atomic mass is 15.2. The summed E-state index contributed by atoms with van der Waals surface area (Å²) in [5, 5.41) is 0. The van der Waals surface area contributed by atoms with E-state index in [1.807, 2.05) is 0 Å². The van der Waals surface area contributed by atoms with Crippen molar-refractivity contribution in [3.05, 3.63) is 114 Å². The molecule has 0 aliphatic heterocycles. The van der Waals surface area contributed by atoms with E-state index in [0.29, 0.717) is 6.04 Å². The molecule has 164 valence electrons. The number of rotatable bonds is 10. The molecule has 1 aromatic heterocycles. The van der Waals surface area contributed by atoms with Crippen molar-refractivity contribution in [2.45, 2.75) is 52.4 Å². The third-order valence-corrected chi connectivity index (χ3v) is 6.13. The Kier molecular flexibility index (Phi) is 7.52. The highest BCUT2D eigenvalue weighted by Crippen LogP contribution is 2.27. The van der Waals surface area contributed by atoms with Gasteiger partial charge >= 0.3 is 0 Å². The van der Waals surface area contributed by atoms with E-state index in [-0.39, 0.29) is 0 Å². The number of hydrogen-bond acceptors (Lipinski definition) is 2. The van der Waals surface area contributed by atoms with Gasteiger partial charge in [-0.15, -0.1) is 0 Å². The first-order chi connectivity index (χ1) is 15.8. The lowest BCUT2D eigenvalue weighted by atomic mass is 10.1. The van der Waals surface area contributed by atoms with Crippen molar-refractivity contribution in [3.63, 3.8) is 0 Å². The average Bonchev–Trinajstić information content (AvgIpc) is 3.26. The maximum Gasteiger partial charge on any atom is 0.140 e. The largest absolute Gasteiger partial charge is 0.327 e. The van der Waals surface area contributed by atoms with Gasteiger partial charge in [-0.25, -0.2) is 4.98 Å². The van der Waals surface area contributed by atoms with Gasteiger partial charge in [-0.05, 0) is 24.5 Å². The molecule has 0 spiro atoms. The molecule has 0 radical (unpaired) electrons. The van der Waals surface area contributed by atoms with Crippen molar-refractivity contribution in [2.24, 2.45) is 0 Å². The molecule has 4 aromatic rings. The number of nitrogens with zero attached hydrogens (tertiary/aromatic N) is 3. The van der Waals surface area contributed by atoms with Crippen molar-refractivity contribution in [3.8, 4) is 11.4 Å². The average molecular weight is 424 g/mol. The minimum atomic E-state index is 0.297. The van der Waals surface area contributed by atoms with E-state index in [4.69, 9.17) is 4.98 Å². The molecule has 3 aromatic carbocycles. The fourth-order valence-corrected chi connectivity index (χ4v) is 4.22. The van der Waals surface area contributed by atoms with Crippen LogP contribution in [0.4, 0.5) is 0 Å². The summed E-state index contributed by atoms with van der Waals surface area (Å²) in [6.45, 7) is 7.31. The van der Waals surface area contributed by atoms with Gasteiger partial charge in [-0.2, -0.15) is 0 Å². The molecular formula is C29H33N3. The minimum Gasteiger partial charge on any atom is -0.327 e. The number of imidazole rings is 1. The number of benzene rings is 3. The highest BCUT2D eigenvalue weighted by Gasteiger charge is 2.20. The van der Waals surface area contributed by atoms with Crippen LogP contribution >= 0.6 is 0 Å². The van der Waals surface area contributed by atoms with E-state index < -0.39 is 0 Å². The van der Waals surface area contributed by atoms with E-state index in [9.17, 15) is 0 Å². The summed E-state index contributed by atoms with van der Waals surface area (Å²) >= 11 is 0. The predicted octanol–water partition coefficient (Wildman–Crippen LogP) is 7.11. The van der Waals surface area contributed by atoms with Crippen molar-refractivity contribution in [2.75, 3.05) is 0 Å². The fraction of sp³-hybridized carbons (Fsp3) is 0.276. The summed E-state index contributed by atoms with van der Waals surface area (Å²) in [4.78, 5) is 7.42. The van der Waals surface area contributed by atoms with Gasteiger partial charge < -0.3 is 4.57 Å². The molecule has 1 heterocycles. The molecule has 4 rings (SSSR count). The van der Waals surface area contributed by atoms with Gasteiger partial charge in [0.1, 0.15) is 5.82 Å². The fourth-order valence-electron chi connectivity index (χ4n) is 4.22. The van der Waals surface area contributed by atoms with E-state index in [0.717, 1.165) is 31.9 Å². The molecule has 0 saturated carbocycles. The second kappa shape index (κ2) is 10.9. The Labute approximate surface area is 192 Å². The van der Waals surface area contributed by atoms with E-state index in [2.05, 4.69) is 121 Å². The Hall–Kier alpha value is -3.17. The van der Waals surface area contributed by atoms with Crippen LogP contribution in [0.2, 0.25) is 0 Å². The summed E-state index contributed by atoms with van der Waals surface area (Å²) in [7, 11) is 0. The van der Waals surface area contributed by atoms with E-state index in [1.54, 1.807) is 0 Å². The zero-order chi connectivity index (χ0) is 22.2. The molecule has 3 heteroatoms. The first-order valence-corrected chi connectivity index (χ1v) is 11.7. The third kappa shape index (κ3) is 5.35. The smallest absolute Gasteiger partial charge is 0.140 e. The minimum absolute atomic E-state index is 0.297. The highest BCUT2D eigenvalue weighted by molar-refractivity contribution is 5.55. The van der Waals surface area contributed by atoms with Crippen molar-refractivity contribution < 1.29 is 0 Å². The number of hydrogen-bond donors (Lipinski definition) is 0. The lowest BCUT2D eigenvalue weighted by Gasteiger charge is -2.30. The van der Waals surface area contributed by atoms with E-state index in [1.165, 1.54) is 28.8 Å².